The van der Waals surface area contributed by atoms with Gasteiger partial charge in [0, 0.05) is 11.4 Å². The maximum atomic E-state index is 13.5. The van der Waals surface area contributed by atoms with Crippen LogP contribution in [0.2, 0.25) is 0 Å². The minimum absolute atomic E-state index is 0.163. The number of benzene rings is 3. The third kappa shape index (κ3) is 5.00. The van der Waals surface area contributed by atoms with Gasteiger partial charge in [-0.05, 0) is 67.4 Å². The molecular formula is C26H19F2N3O2S. The first kappa shape index (κ1) is 23.2. The topological polar surface area (TPSA) is 73.2 Å². The molecule has 1 N–H and O–H groups in total. The molecule has 3 aromatic carbocycles. The minimum Gasteiger partial charge on any atom is -0.321 e. The Bertz CT molecular complexity index is 1300. The predicted octanol–water partition coefficient (Wildman–Crippen LogP) is 5.34. The van der Waals surface area contributed by atoms with Crippen LogP contribution in [0.15, 0.2) is 83.4 Å². The number of hydrogen-bond acceptors (Lipinski definition) is 4. The highest BCUT2D eigenvalue weighted by atomic mass is 32.2. The largest absolute Gasteiger partial charge is 0.321 e. The van der Waals surface area contributed by atoms with Gasteiger partial charge in [0.25, 0.3) is 5.91 Å². The fourth-order valence-corrected chi connectivity index (χ4v) is 4.79. The summed E-state index contributed by atoms with van der Waals surface area (Å²) in [7, 11) is 0. The molecule has 34 heavy (non-hydrogen) atoms. The molecule has 8 heteroatoms. The fourth-order valence-electron chi connectivity index (χ4n) is 3.48. The second-order valence-corrected chi connectivity index (χ2v) is 8.89. The van der Waals surface area contributed by atoms with E-state index in [9.17, 15) is 23.6 Å². The molecule has 0 saturated carbocycles. The molecule has 2 amide bonds. The molecule has 0 radical (unpaired) electrons. The summed E-state index contributed by atoms with van der Waals surface area (Å²) in [6.07, 6.45) is 0.392. The van der Waals surface area contributed by atoms with Gasteiger partial charge >= 0.3 is 0 Å². The van der Waals surface area contributed by atoms with Crippen molar-refractivity contribution in [3.8, 4) is 6.07 Å². The van der Waals surface area contributed by atoms with Gasteiger partial charge in [-0.2, -0.15) is 5.26 Å². The third-order valence-corrected chi connectivity index (χ3v) is 6.50. The highest BCUT2D eigenvalue weighted by molar-refractivity contribution is 8.05. The summed E-state index contributed by atoms with van der Waals surface area (Å²) in [5, 5.41) is 12.0. The van der Waals surface area contributed by atoms with Crippen molar-refractivity contribution in [1.82, 2.24) is 0 Å². The van der Waals surface area contributed by atoms with Crippen molar-refractivity contribution < 1.29 is 18.4 Å². The van der Waals surface area contributed by atoms with Gasteiger partial charge in [0.05, 0.1) is 5.25 Å². The lowest BCUT2D eigenvalue weighted by atomic mass is 10.1. The first-order valence-corrected chi connectivity index (χ1v) is 11.3. The number of nitriles is 1. The van der Waals surface area contributed by atoms with Crippen LogP contribution >= 0.6 is 11.8 Å². The second kappa shape index (κ2) is 9.89. The summed E-state index contributed by atoms with van der Waals surface area (Å²) in [4.78, 5) is 27.6. The van der Waals surface area contributed by atoms with Crippen molar-refractivity contribution >= 4 is 35.0 Å². The van der Waals surface area contributed by atoms with Gasteiger partial charge in [-0.15, -0.1) is 0 Å². The van der Waals surface area contributed by atoms with Crippen LogP contribution in [0.4, 0.5) is 20.2 Å². The van der Waals surface area contributed by atoms with E-state index in [-0.39, 0.29) is 16.5 Å². The highest BCUT2D eigenvalue weighted by Gasteiger charge is 2.40. The van der Waals surface area contributed by atoms with Gasteiger partial charge < -0.3 is 5.32 Å². The SMILES string of the molecule is Cc1ccc(C[C@H]2S/C(=C(\C#N)C(=O)Nc3ccc(F)cc3)N(c3ccc(F)cc3)C2=O)cc1. The zero-order valence-corrected chi connectivity index (χ0v) is 18.9. The standard InChI is InChI=1S/C26H19F2N3O2S/c1-16-2-4-17(5-3-16)14-23-25(33)31(21-12-8-19(28)9-13-21)26(34-23)22(15-29)24(32)30-20-10-6-18(27)7-11-20/h2-13,23H,14H2,1H3,(H,30,32)/b26-22+/t23-/m1/s1. The first-order valence-electron chi connectivity index (χ1n) is 10.4. The monoisotopic (exact) mass is 475 g/mol. The number of thioether (sulfide) groups is 1. The summed E-state index contributed by atoms with van der Waals surface area (Å²) in [6.45, 7) is 1.97. The average Bonchev–Trinajstić information content (AvgIpc) is 3.13. The number of nitrogens with zero attached hydrogens (tertiary/aromatic N) is 2. The summed E-state index contributed by atoms with van der Waals surface area (Å²) in [6, 6.07) is 20.1. The van der Waals surface area contributed by atoms with E-state index in [2.05, 4.69) is 5.32 Å². The highest BCUT2D eigenvalue weighted by Crippen LogP contribution is 2.42. The molecule has 1 saturated heterocycles. The Morgan fingerprint density at radius 3 is 2.18 bits per heavy atom. The van der Waals surface area contributed by atoms with Gasteiger partial charge in [0.2, 0.25) is 5.91 Å². The molecular weight excluding hydrogens is 456 g/mol. The van der Waals surface area contributed by atoms with Crippen LogP contribution in [0.25, 0.3) is 0 Å². The molecule has 0 spiro atoms. The molecule has 0 aliphatic carbocycles. The summed E-state index contributed by atoms with van der Waals surface area (Å²) < 4.78 is 26.7. The first-order chi connectivity index (χ1) is 16.4. The van der Waals surface area contributed by atoms with Crippen molar-refractivity contribution in [2.24, 2.45) is 0 Å². The maximum Gasteiger partial charge on any atom is 0.269 e. The van der Waals surface area contributed by atoms with E-state index in [1.165, 1.54) is 53.4 Å². The molecule has 1 atom stereocenters. The van der Waals surface area contributed by atoms with Crippen molar-refractivity contribution in [3.05, 3.63) is 106 Å². The van der Waals surface area contributed by atoms with Crippen LogP contribution in [0, 0.1) is 29.9 Å². The van der Waals surface area contributed by atoms with E-state index >= 15 is 0 Å². The molecule has 1 fully saturated rings. The Kier molecular flexibility index (Phi) is 6.75. The van der Waals surface area contributed by atoms with Crippen LogP contribution in [0.3, 0.4) is 0 Å². The number of hydrogen-bond donors (Lipinski definition) is 1. The fraction of sp³-hybridized carbons (Fsp3) is 0.115. The molecule has 3 aromatic rings. The molecule has 4 rings (SSSR count). The lowest BCUT2D eigenvalue weighted by molar-refractivity contribution is -0.117. The van der Waals surface area contributed by atoms with Crippen LogP contribution in [-0.4, -0.2) is 17.1 Å². The second-order valence-electron chi connectivity index (χ2n) is 7.70. The lowest BCUT2D eigenvalue weighted by Crippen LogP contribution is -2.30. The van der Waals surface area contributed by atoms with Gasteiger partial charge in [-0.25, -0.2) is 8.78 Å². The zero-order valence-electron chi connectivity index (χ0n) is 18.1. The Hall–Kier alpha value is -3.96. The average molecular weight is 476 g/mol. The maximum absolute atomic E-state index is 13.5. The number of halogens is 2. The quantitative estimate of drug-likeness (QED) is 0.400. The van der Waals surface area contributed by atoms with Crippen molar-refractivity contribution in [2.45, 2.75) is 18.6 Å². The molecule has 0 aromatic heterocycles. The predicted molar refractivity (Wildman–Crippen MR) is 128 cm³/mol. The summed E-state index contributed by atoms with van der Waals surface area (Å²) in [5.74, 6) is -1.98. The van der Waals surface area contributed by atoms with Crippen LogP contribution in [-0.2, 0) is 16.0 Å². The van der Waals surface area contributed by atoms with Gasteiger partial charge in [-0.3, -0.25) is 14.5 Å². The Morgan fingerprint density at radius 1 is 1.00 bits per heavy atom. The molecule has 1 aliphatic rings. The van der Waals surface area contributed by atoms with Gasteiger partial charge in [0.1, 0.15) is 28.3 Å². The van der Waals surface area contributed by atoms with E-state index in [4.69, 9.17) is 0 Å². The number of carbonyl (C=O) groups excluding carboxylic acids is 2. The number of nitrogens with one attached hydrogen (secondary N) is 1. The third-order valence-electron chi connectivity index (χ3n) is 5.23. The number of anilines is 2. The van der Waals surface area contributed by atoms with E-state index < -0.39 is 22.8 Å². The number of carbonyl (C=O) groups is 2. The van der Waals surface area contributed by atoms with Crippen molar-refractivity contribution in [1.29, 1.82) is 5.26 Å². The summed E-state index contributed by atoms with van der Waals surface area (Å²) in [5.41, 5.74) is 2.41. The van der Waals surface area contributed by atoms with E-state index in [1.54, 1.807) is 0 Å². The Morgan fingerprint density at radius 2 is 1.59 bits per heavy atom. The van der Waals surface area contributed by atoms with Crippen LogP contribution in [0.1, 0.15) is 11.1 Å². The Balaban J connectivity index is 1.71. The van der Waals surface area contributed by atoms with Crippen molar-refractivity contribution in [2.75, 3.05) is 10.2 Å². The van der Waals surface area contributed by atoms with E-state index in [0.717, 1.165) is 22.9 Å². The van der Waals surface area contributed by atoms with E-state index in [1.807, 2.05) is 37.3 Å². The molecule has 5 nitrogen and oxygen atoms in total. The zero-order chi connectivity index (χ0) is 24.2. The molecule has 1 heterocycles. The smallest absolute Gasteiger partial charge is 0.269 e. The van der Waals surface area contributed by atoms with Crippen LogP contribution in [0.5, 0.6) is 0 Å². The number of rotatable bonds is 5. The summed E-state index contributed by atoms with van der Waals surface area (Å²) >= 11 is 1.12. The van der Waals surface area contributed by atoms with Crippen LogP contribution < -0.4 is 10.2 Å². The minimum atomic E-state index is -0.729. The lowest BCUT2D eigenvalue weighted by Gasteiger charge is -2.18. The molecule has 170 valence electrons. The normalized spacial score (nSPS) is 16.8. The number of amides is 2. The molecule has 0 unspecified atom stereocenters. The Labute approximate surface area is 199 Å². The van der Waals surface area contributed by atoms with Gasteiger partial charge in [0.15, 0.2) is 0 Å². The van der Waals surface area contributed by atoms with Gasteiger partial charge in [-0.1, -0.05) is 41.6 Å². The number of aryl methyl sites for hydroxylation is 1. The molecule has 1 aliphatic heterocycles. The van der Waals surface area contributed by atoms with Crippen molar-refractivity contribution in [3.63, 3.8) is 0 Å². The van der Waals surface area contributed by atoms with E-state index in [0.29, 0.717) is 17.8 Å². The molecule has 0 bridgehead atoms.